The Morgan fingerprint density at radius 3 is 1.00 bits per heavy atom. The molecule has 0 saturated carbocycles. The van der Waals surface area contributed by atoms with Crippen molar-refractivity contribution in [1.29, 1.82) is 0 Å². The molecule has 0 saturated heterocycles. The van der Waals surface area contributed by atoms with E-state index in [0.29, 0.717) is 0 Å². The Kier molecular flexibility index (Phi) is 4.80. The summed E-state index contributed by atoms with van der Waals surface area (Å²) in [6.07, 6.45) is 1.16. The van der Waals surface area contributed by atoms with Gasteiger partial charge in [0, 0.05) is 0 Å². The van der Waals surface area contributed by atoms with Crippen LogP contribution < -0.4 is 0 Å². The van der Waals surface area contributed by atoms with Gasteiger partial charge in [0.15, 0.2) is 0 Å². The molecule has 0 N–H and O–H groups in total. The molecule has 0 heterocycles. The van der Waals surface area contributed by atoms with Gasteiger partial charge in [0.05, 0.1) is 0 Å². The molecule has 5 heteroatoms. The van der Waals surface area contributed by atoms with E-state index in [9.17, 15) is 8.42 Å². The van der Waals surface area contributed by atoms with Crippen molar-refractivity contribution in [3.8, 4) is 0 Å². The van der Waals surface area contributed by atoms with Crippen LogP contribution in [0.4, 0.5) is 0 Å². The zero-order valence-corrected chi connectivity index (χ0v) is 15.4. The van der Waals surface area contributed by atoms with Crippen LogP contribution >= 0.6 is 7.49 Å². The minimum absolute atomic E-state index is 0.174. The number of rotatable bonds is 2. The summed E-state index contributed by atoms with van der Waals surface area (Å²) in [7, 11) is -6.09. The van der Waals surface area contributed by atoms with Crippen molar-refractivity contribution in [1.82, 2.24) is 0 Å². The van der Waals surface area contributed by atoms with E-state index in [-0.39, 0.29) is 15.5 Å². The summed E-state index contributed by atoms with van der Waals surface area (Å²) in [5.74, 6) is 0. The predicted molar refractivity (Wildman–Crippen MR) is 83.5 cm³/mol. The van der Waals surface area contributed by atoms with Crippen molar-refractivity contribution in [3.05, 3.63) is 0 Å². The maximum atomic E-state index is 11.8. The standard InChI is InChI=1S/C13H31O3PS/c1-11(2,3)17(12(4,5)6,13(7,8)9)16-18(10,14)15/h17H,1-10H3. The van der Waals surface area contributed by atoms with Crippen molar-refractivity contribution < 1.29 is 12.4 Å². The summed E-state index contributed by atoms with van der Waals surface area (Å²) in [5.41, 5.74) is 0. The third-order valence-electron chi connectivity index (χ3n) is 3.44. The van der Waals surface area contributed by atoms with Crippen LogP contribution in [0.3, 0.4) is 0 Å². The Hall–Kier alpha value is 0.340. The molecule has 18 heavy (non-hydrogen) atoms. The Bertz CT molecular complexity index is 355. The van der Waals surface area contributed by atoms with Crippen LogP contribution in [0.1, 0.15) is 62.3 Å². The zero-order chi connectivity index (χ0) is 15.2. The first-order valence-corrected chi connectivity index (χ1v) is 10.1. The molecule has 0 atom stereocenters. The van der Waals surface area contributed by atoms with Gasteiger partial charge in [0.2, 0.25) is 0 Å². The van der Waals surface area contributed by atoms with E-state index in [4.69, 9.17) is 3.97 Å². The van der Waals surface area contributed by atoms with Gasteiger partial charge in [-0.1, -0.05) is 0 Å². The molecule has 0 aliphatic heterocycles. The summed E-state index contributed by atoms with van der Waals surface area (Å²) < 4.78 is 29.4. The van der Waals surface area contributed by atoms with E-state index in [0.717, 1.165) is 6.26 Å². The van der Waals surface area contributed by atoms with Crippen LogP contribution in [0.2, 0.25) is 0 Å². The molecule has 0 unspecified atom stereocenters. The van der Waals surface area contributed by atoms with Gasteiger partial charge in [-0.05, 0) is 0 Å². The van der Waals surface area contributed by atoms with Gasteiger partial charge in [0.1, 0.15) is 0 Å². The molecule has 0 aliphatic carbocycles. The quantitative estimate of drug-likeness (QED) is 0.723. The van der Waals surface area contributed by atoms with Crippen LogP contribution in [-0.4, -0.2) is 30.1 Å². The molecule has 0 fully saturated rings. The zero-order valence-electron chi connectivity index (χ0n) is 13.6. The first-order chi connectivity index (χ1) is 7.46. The number of hydrogen-bond acceptors (Lipinski definition) is 3. The first-order valence-electron chi connectivity index (χ1n) is 6.36. The van der Waals surface area contributed by atoms with E-state index < -0.39 is 17.6 Å². The second-order valence-electron chi connectivity index (χ2n) is 8.22. The Balaban J connectivity index is 6.27. The maximum absolute atomic E-state index is 11.8. The van der Waals surface area contributed by atoms with Gasteiger partial charge in [-0.25, -0.2) is 0 Å². The SMILES string of the molecule is CC(C)(C)[PH](OS(C)(=O)=O)(C(C)(C)C)C(C)(C)C. The molecule has 0 radical (unpaired) electrons. The normalized spacial score (nSPS) is 16.8. The summed E-state index contributed by atoms with van der Waals surface area (Å²) in [6.45, 7) is 18.9. The Morgan fingerprint density at radius 1 is 0.722 bits per heavy atom. The first kappa shape index (κ1) is 18.3. The van der Waals surface area contributed by atoms with Gasteiger partial charge < -0.3 is 0 Å². The van der Waals surface area contributed by atoms with Crippen LogP contribution in [0.5, 0.6) is 0 Å². The summed E-state index contributed by atoms with van der Waals surface area (Å²) in [6, 6.07) is 0. The van der Waals surface area contributed by atoms with Gasteiger partial charge in [-0.15, -0.1) is 0 Å². The van der Waals surface area contributed by atoms with Crippen molar-refractivity contribution in [2.45, 2.75) is 77.8 Å². The van der Waals surface area contributed by atoms with Crippen molar-refractivity contribution in [2.24, 2.45) is 0 Å². The second kappa shape index (κ2) is 4.71. The van der Waals surface area contributed by atoms with Crippen LogP contribution in [0.15, 0.2) is 0 Å². The molecule has 0 rings (SSSR count). The summed E-state index contributed by atoms with van der Waals surface area (Å²) >= 11 is 0. The van der Waals surface area contributed by atoms with Gasteiger partial charge in [-0.3, -0.25) is 0 Å². The molecule has 0 aromatic heterocycles. The fraction of sp³-hybridized carbons (Fsp3) is 1.00. The molecule has 0 aliphatic rings. The summed E-state index contributed by atoms with van der Waals surface area (Å²) in [5, 5.41) is -0.522. The third kappa shape index (κ3) is 3.46. The fourth-order valence-electron chi connectivity index (χ4n) is 3.98. The molecular weight excluding hydrogens is 267 g/mol. The molecule has 0 aromatic carbocycles. The molecule has 0 bridgehead atoms. The van der Waals surface area contributed by atoms with Crippen LogP contribution in [0, 0.1) is 0 Å². The molecule has 0 amide bonds. The Labute approximate surface area is 114 Å². The van der Waals surface area contributed by atoms with Crippen LogP contribution in [-0.2, 0) is 14.1 Å². The van der Waals surface area contributed by atoms with E-state index in [1.807, 2.05) is 0 Å². The predicted octanol–water partition coefficient (Wildman–Crippen LogP) is 4.02. The van der Waals surface area contributed by atoms with E-state index in [2.05, 4.69) is 62.3 Å². The Morgan fingerprint density at radius 2 is 0.944 bits per heavy atom. The van der Waals surface area contributed by atoms with E-state index >= 15 is 0 Å². The van der Waals surface area contributed by atoms with Gasteiger partial charge in [0.25, 0.3) is 0 Å². The van der Waals surface area contributed by atoms with E-state index in [1.165, 1.54) is 0 Å². The van der Waals surface area contributed by atoms with Crippen LogP contribution in [0.25, 0.3) is 0 Å². The average molecular weight is 298 g/mol. The number of hydrogen-bond donors (Lipinski definition) is 0. The van der Waals surface area contributed by atoms with Crippen molar-refractivity contribution in [2.75, 3.05) is 6.26 Å². The molecular formula is C13H31O3PS. The third-order valence-corrected chi connectivity index (χ3v) is 12.0. The van der Waals surface area contributed by atoms with Gasteiger partial charge >= 0.3 is 114 Å². The molecule has 0 spiro atoms. The second-order valence-corrected chi connectivity index (χ2v) is 16.2. The average Bonchev–Trinajstić information content (AvgIpc) is 1.90. The van der Waals surface area contributed by atoms with E-state index in [1.54, 1.807) is 0 Å². The monoisotopic (exact) mass is 298 g/mol. The molecule has 0 aromatic rings. The topological polar surface area (TPSA) is 43.4 Å². The summed E-state index contributed by atoms with van der Waals surface area (Å²) in [4.78, 5) is 0. The molecule has 3 nitrogen and oxygen atoms in total. The van der Waals surface area contributed by atoms with Crippen molar-refractivity contribution >= 4 is 17.6 Å². The molecule has 112 valence electrons. The minimum atomic E-state index is -3.47. The van der Waals surface area contributed by atoms with Crippen molar-refractivity contribution in [3.63, 3.8) is 0 Å². The van der Waals surface area contributed by atoms with Gasteiger partial charge in [-0.2, -0.15) is 0 Å². The fourth-order valence-corrected chi connectivity index (χ4v) is 15.5.